The average Bonchev–Trinajstić information content (AvgIpc) is 2.86. The Morgan fingerprint density at radius 3 is 2.95 bits per heavy atom. The van der Waals surface area contributed by atoms with Gasteiger partial charge in [0.05, 0.1) is 19.8 Å². The van der Waals surface area contributed by atoms with Crippen LogP contribution in [0.15, 0.2) is 18.5 Å². The molecule has 0 radical (unpaired) electrons. The van der Waals surface area contributed by atoms with Crippen LogP contribution in [-0.2, 0) is 16.6 Å². The van der Waals surface area contributed by atoms with Crippen LogP contribution >= 0.6 is 0 Å². The van der Waals surface area contributed by atoms with E-state index >= 15 is 0 Å². The molecule has 1 unspecified atom stereocenters. The topological polar surface area (TPSA) is 63.6 Å². The Kier molecular flexibility index (Phi) is 4.92. The molecule has 0 aliphatic carbocycles. The Morgan fingerprint density at radius 2 is 2.30 bits per heavy atom. The smallest absolute Gasteiger partial charge is 0.239 e. The summed E-state index contributed by atoms with van der Waals surface area (Å²) in [7, 11) is 1.88. The highest BCUT2D eigenvalue weighted by molar-refractivity contribution is 5.97. The molecule has 1 amide bonds. The fraction of sp³-hybridized carbons (Fsp3) is 0.571. The zero-order chi connectivity index (χ0) is 14.5. The molecule has 1 aromatic heterocycles. The maximum Gasteiger partial charge on any atom is 0.239 e. The number of nitrogens with zero attached hydrogens (tertiary/aromatic N) is 2. The maximum atomic E-state index is 12.2. The number of Topliss-reactive ketones (excluding diaryl/α,β-unsaturated/α-hetero) is 1. The van der Waals surface area contributed by atoms with Crippen LogP contribution in [0.4, 0.5) is 0 Å². The SMILES string of the molecule is CCNC(=O)C1COCCN1CC(=O)c1ccn(C)c1. The number of hydrogen-bond acceptors (Lipinski definition) is 4. The number of aryl methyl sites for hydroxylation is 1. The molecule has 2 rings (SSSR count). The van der Waals surface area contributed by atoms with Crippen molar-refractivity contribution in [1.29, 1.82) is 0 Å². The van der Waals surface area contributed by atoms with Crippen LogP contribution in [0.3, 0.4) is 0 Å². The van der Waals surface area contributed by atoms with E-state index in [0.717, 1.165) is 0 Å². The first kappa shape index (κ1) is 14.7. The van der Waals surface area contributed by atoms with Crippen LogP contribution in [0.5, 0.6) is 0 Å². The van der Waals surface area contributed by atoms with Crippen LogP contribution in [-0.4, -0.2) is 60.0 Å². The van der Waals surface area contributed by atoms with Gasteiger partial charge < -0.3 is 14.6 Å². The maximum absolute atomic E-state index is 12.2. The van der Waals surface area contributed by atoms with Gasteiger partial charge in [-0.3, -0.25) is 14.5 Å². The predicted molar refractivity (Wildman–Crippen MR) is 74.6 cm³/mol. The van der Waals surface area contributed by atoms with Crippen LogP contribution in [0, 0.1) is 0 Å². The van der Waals surface area contributed by atoms with E-state index in [2.05, 4.69) is 5.32 Å². The fourth-order valence-electron chi connectivity index (χ4n) is 2.30. The molecule has 1 atom stereocenters. The van der Waals surface area contributed by atoms with Gasteiger partial charge in [0.25, 0.3) is 0 Å². The standard InChI is InChI=1S/C14H21N3O3/c1-3-15-14(19)12-10-20-7-6-17(12)9-13(18)11-4-5-16(2)8-11/h4-5,8,12H,3,6-7,9-10H2,1-2H3,(H,15,19). The molecule has 2 heterocycles. The van der Waals surface area contributed by atoms with Crippen molar-refractivity contribution in [3.8, 4) is 0 Å². The van der Waals surface area contributed by atoms with Crippen molar-refractivity contribution < 1.29 is 14.3 Å². The molecule has 1 fully saturated rings. The average molecular weight is 279 g/mol. The van der Waals surface area contributed by atoms with Crippen molar-refractivity contribution in [1.82, 2.24) is 14.8 Å². The second-order valence-corrected chi connectivity index (χ2v) is 4.94. The Bertz CT molecular complexity index is 484. The van der Waals surface area contributed by atoms with Gasteiger partial charge in [-0.2, -0.15) is 0 Å². The molecule has 1 saturated heterocycles. The van der Waals surface area contributed by atoms with Gasteiger partial charge in [0.2, 0.25) is 5.91 Å². The number of aromatic nitrogens is 1. The number of nitrogens with one attached hydrogen (secondary N) is 1. The Hall–Kier alpha value is -1.66. The minimum absolute atomic E-state index is 0.0294. The third-order valence-electron chi connectivity index (χ3n) is 3.39. The third kappa shape index (κ3) is 3.46. The number of ether oxygens (including phenoxy) is 1. The first-order valence-corrected chi connectivity index (χ1v) is 6.86. The zero-order valence-electron chi connectivity index (χ0n) is 12.0. The summed E-state index contributed by atoms with van der Waals surface area (Å²) in [6, 6.07) is 1.42. The molecule has 0 spiro atoms. The molecule has 20 heavy (non-hydrogen) atoms. The molecule has 0 bridgehead atoms. The second kappa shape index (κ2) is 6.67. The van der Waals surface area contributed by atoms with Gasteiger partial charge in [-0.1, -0.05) is 0 Å². The number of ketones is 1. The Labute approximate surface area is 118 Å². The fourth-order valence-corrected chi connectivity index (χ4v) is 2.30. The summed E-state index contributed by atoms with van der Waals surface area (Å²) in [6.07, 6.45) is 3.64. The van der Waals surface area contributed by atoms with Gasteiger partial charge in [0, 0.05) is 38.1 Å². The van der Waals surface area contributed by atoms with E-state index in [-0.39, 0.29) is 24.3 Å². The van der Waals surface area contributed by atoms with E-state index in [0.29, 0.717) is 31.9 Å². The zero-order valence-corrected chi connectivity index (χ0v) is 12.0. The molecule has 6 nitrogen and oxygen atoms in total. The van der Waals surface area contributed by atoms with E-state index in [1.807, 2.05) is 29.6 Å². The van der Waals surface area contributed by atoms with E-state index < -0.39 is 0 Å². The minimum atomic E-state index is -0.378. The molecule has 1 aliphatic rings. The number of morpholine rings is 1. The number of carbonyl (C=O) groups excluding carboxylic acids is 2. The number of carbonyl (C=O) groups is 2. The Balaban J connectivity index is 2.01. The molecule has 0 saturated carbocycles. The van der Waals surface area contributed by atoms with Gasteiger partial charge in [0.15, 0.2) is 5.78 Å². The van der Waals surface area contributed by atoms with Gasteiger partial charge >= 0.3 is 0 Å². The predicted octanol–water partition coefficient (Wildman–Crippen LogP) is 0.0447. The van der Waals surface area contributed by atoms with E-state index in [1.54, 1.807) is 12.3 Å². The number of rotatable bonds is 5. The lowest BCUT2D eigenvalue weighted by Crippen LogP contribution is -2.55. The number of hydrogen-bond donors (Lipinski definition) is 1. The summed E-state index contributed by atoms with van der Waals surface area (Å²) in [5.41, 5.74) is 0.675. The third-order valence-corrected chi connectivity index (χ3v) is 3.39. The molecule has 6 heteroatoms. The normalized spacial score (nSPS) is 19.8. The highest BCUT2D eigenvalue weighted by Crippen LogP contribution is 2.10. The lowest BCUT2D eigenvalue weighted by atomic mass is 10.1. The second-order valence-electron chi connectivity index (χ2n) is 4.94. The number of likely N-dealkylation sites (N-methyl/N-ethyl adjacent to an activating group) is 1. The summed E-state index contributed by atoms with van der Waals surface area (Å²) < 4.78 is 7.19. The summed E-state index contributed by atoms with van der Waals surface area (Å²) in [5.74, 6) is -0.0464. The molecule has 110 valence electrons. The van der Waals surface area contributed by atoms with E-state index in [9.17, 15) is 9.59 Å². The van der Waals surface area contributed by atoms with Crippen molar-refractivity contribution in [2.45, 2.75) is 13.0 Å². The van der Waals surface area contributed by atoms with Crippen molar-refractivity contribution in [2.75, 3.05) is 32.8 Å². The van der Waals surface area contributed by atoms with E-state index in [1.165, 1.54) is 0 Å². The van der Waals surface area contributed by atoms with Crippen LogP contribution in [0.2, 0.25) is 0 Å². The summed E-state index contributed by atoms with van der Waals surface area (Å²) in [5, 5.41) is 2.79. The van der Waals surface area contributed by atoms with Crippen LogP contribution in [0.25, 0.3) is 0 Å². The first-order valence-electron chi connectivity index (χ1n) is 6.86. The molecular weight excluding hydrogens is 258 g/mol. The molecule has 1 aliphatic heterocycles. The minimum Gasteiger partial charge on any atom is -0.378 e. The van der Waals surface area contributed by atoms with Gasteiger partial charge in [-0.25, -0.2) is 0 Å². The lowest BCUT2D eigenvalue weighted by molar-refractivity contribution is -0.131. The van der Waals surface area contributed by atoms with Crippen molar-refractivity contribution >= 4 is 11.7 Å². The largest absolute Gasteiger partial charge is 0.378 e. The molecule has 1 aromatic rings. The highest BCUT2D eigenvalue weighted by atomic mass is 16.5. The van der Waals surface area contributed by atoms with Crippen molar-refractivity contribution in [3.63, 3.8) is 0 Å². The van der Waals surface area contributed by atoms with Crippen LogP contribution in [0.1, 0.15) is 17.3 Å². The summed E-state index contributed by atoms with van der Waals surface area (Å²) >= 11 is 0. The molecule has 0 aromatic carbocycles. The van der Waals surface area contributed by atoms with Gasteiger partial charge in [0.1, 0.15) is 6.04 Å². The van der Waals surface area contributed by atoms with Crippen molar-refractivity contribution in [3.05, 3.63) is 24.0 Å². The Morgan fingerprint density at radius 1 is 1.50 bits per heavy atom. The highest BCUT2D eigenvalue weighted by Gasteiger charge is 2.30. The number of amides is 1. The van der Waals surface area contributed by atoms with E-state index in [4.69, 9.17) is 4.74 Å². The molecule has 1 N–H and O–H groups in total. The first-order chi connectivity index (χ1) is 9.61. The van der Waals surface area contributed by atoms with Gasteiger partial charge in [-0.05, 0) is 13.0 Å². The summed E-state index contributed by atoms with van der Waals surface area (Å²) in [6.45, 7) is 4.19. The lowest BCUT2D eigenvalue weighted by Gasteiger charge is -2.33. The monoisotopic (exact) mass is 279 g/mol. The summed E-state index contributed by atoms with van der Waals surface area (Å²) in [4.78, 5) is 26.1. The van der Waals surface area contributed by atoms with Gasteiger partial charge in [-0.15, -0.1) is 0 Å². The molecular formula is C14H21N3O3. The van der Waals surface area contributed by atoms with Crippen molar-refractivity contribution in [2.24, 2.45) is 7.05 Å². The van der Waals surface area contributed by atoms with Crippen LogP contribution < -0.4 is 5.32 Å². The quantitative estimate of drug-likeness (QED) is 0.773.